The van der Waals surface area contributed by atoms with Crippen LogP contribution in [-0.2, 0) is 9.59 Å². The van der Waals surface area contributed by atoms with E-state index in [-0.39, 0.29) is 6.54 Å². The van der Waals surface area contributed by atoms with Gasteiger partial charge < -0.3 is 15.5 Å². The quantitative estimate of drug-likeness (QED) is 0.746. The topological polar surface area (TPSA) is 78.5 Å². The van der Waals surface area contributed by atoms with E-state index < -0.39 is 47.6 Å². The third-order valence-corrected chi connectivity index (χ3v) is 4.25. The number of hydrogen-bond donors (Lipinski definition) is 2. The summed E-state index contributed by atoms with van der Waals surface area (Å²) in [4.78, 5) is 38.3. The number of anilines is 1. The minimum atomic E-state index is -0.911. The van der Waals surface area contributed by atoms with Crippen molar-refractivity contribution in [2.75, 3.05) is 18.4 Å². The maximum Gasteiger partial charge on any atom is 0.251 e. The van der Waals surface area contributed by atoms with Crippen LogP contribution in [0.1, 0.15) is 29.8 Å². The number of aryl methyl sites for hydroxylation is 1. The van der Waals surface area contributed by atoms with Crippen LogP contribution in [0.5, 0.6) is 0 Å². The fourth-order valence-corrected chi connectivity index (χ4v) is 2.72. The van der Waals surface area contributed by atoms with Gasteiger partial charge in [0, 0.05) is 12.1 Å². The third-order valence-electron chi connectivity index (χ3n) is 4.25. The second kappa shape index (κ2) is 9.77. The number of carbonyl (C=O) groups is 3. The van der Waals surface area contributed by atoms with Crippen LogP contribution < -0.4 is 10.6 Å². The Kier molecular flexibility index (Phi) is 7.41. The van der Waals surface area contributed by atoms with Crippen LogP contribution >= 0.6 is 0 Å². The lowest BCUT2D eigenvalue weighted by atomic mass is 10.1. The molecule has 1 unspecified atom stereocenters. The van der Waals surface area contributed by atoms with Gasteiger partial charge in [0.25, 0.3) is 5.91 Å². The molecule has 154 valence electrons. The molecule has 2 aromatic carbocycles. The average Bonchev–Trinajstić information content (AvgIpc) is 2.68. The molecule has 6 nitrogen and oxygen atoms in total. The van der Waals surface area contributed by atoms with Crippen molar-refractivity contribution in [2.24, 2.45) is 0 Å². The normalized spacial score (nSPS) is 11.5. The first kappa shape index (κ1) is 22.0. The Bertz CT molecular complexity index is 898. The largest absolute Gasteiger partial charge is 0.341 e. The molecule has 0 spiro atoms. The lowest BCUT2D eigenvalue weighted by Crippen LogP contribution is -2.49. The van der Waals surface area contributed by atoms with Gasteiger partial charge in [-0.05, 0) is 45.0 Å². The van der Waals surface area contributed by atoms with E-state index in [1.165, 1.54) is 17.9 Å². The van der Waals surface area contributed by atoms with E-state index in [4.69, 9.17) is 0 Å². The van der Waals surface area contributed by atoms with E-state index >= 15 is 0 Å². The van der Waals surface area contributed by atoms with Gasteiger partial charge in [-0.2, -0.15) is 0 Å². The summed E-state index contributed by atoms with van der Waals surface area (Å²) in [5, 5.41) is 4.74. The summed E-state index contributed by atoms with van der Waals surface area (Å²) < 4.78 is 27.3. The van der Waals surface area contributed by atoms with Crippen molar-refractivity contribution >= 4 is 23.4 Å². The van der Waals surface area contributed by atoms with Crippen LogP contribution in [0.2, 0.25) is 0 Å². The van der Waals surface area contributed by atoms with Gasteiger partial charge >= 0.3 is 0 Å². The zero-order chi connectivity index (χ0) is 21.6. The number of likely N-dealkylation sites (N-methyl/N-ethyl adjacent to an activating group) is 1. The van der Waals surface area contributed by atoms with E-state index in [1.807, 2.05) is 13.0 Å². The first-order valence-electron chi connectivity index (χ1n) is 9.13. The summed E-state index contributed by atoms with van der Waals surface area (Å²) in [6.45, 7) is 4.78. The maximum atomic E-state index is 13.7. The van der Waals surface area contributed by atoms with E-state index in [0.29, 0.717) is 5.56 Å². The molecule has 0 heterocycles. The fraction of sp³-hybridized carbons (Fsp3) is 0.286. The molecule has 29 heavy (non-hydrogen) atoms. The van der Waals surface area contributed by atoms with Crippen LogP contribution in [0.25, 0.3) is 0 Å². The monoisotopic (exact) mass is 403 g/mol. The molecule has 0 aliphatic carbocycles. The van der Waals surface area contributed by atoms with Gasteiger partial charge in [0.2, 0.25) is 11.8 Å². The minimum absolute atomic E-state index is 0.177. The number of nitrogens with zero attached hydrogens (tertiary/aromatic N) is 1. The van der Waals surface area contributed by atoms with Gasteiger partial charge in [-0.1, -0.05) is 23.8 Å². The van der Waals surface area contributed by atoms with Crippen LogP contribution in [0.4, 0.5) is 14.5 Å². The number of para-hydroxylation sites is 1. The second-order valence-corrected chi connectivity index (χ2v) is 6.56. The summed E-state index contributed by atoms with van der Waals surface area (Å²) in [6, 6.07) is 9.24. The van der Waals surface area contributed by atoms with Gasteiger partial charge in [0.1, 0.15) is 23.4 Å². The van der Waals surface area contributed by atoms with Crippen LogP contribution in [0.3, 0.4) is 0 Å². The maximum absolute atomic E-state index is 13.7. The van der Waals surface area contributed by atoms with Gasteiger partial charge in [0.15, 0.2) is 0 Å². The second-order valence-electron chi connectivity index (χ2n) is 6.56. The van der Waals surface area contributed by atoms with Crippen LogP contribution in [0, 0.1) is 18.6 Å². The molecule has 8 heteroatoms. The zero-order valence-corrected chi connectivity index (χ0v) is 16.5. The molecule has 2 rings (SSSR count). The standard InChI is InChI=1S/C21H23F2N3O3/c1-4-26(12-18(27)25-19-16(22)9-6-10-17(19)23)21(29)14(3)24-20(28)15-8-5-7-13(2)11-15/h5-11,14H,4,12H2,1-3H3,(H,24,28)(H,25,27). The smallest absolute Gasteiger partial charge is 0.251 e. The Morgan fingerprint density at radius 2 is 1.69 bits per heavy atom. The first-order valence-corrected chi connectivity index (χ1v) is 9.13. The summed E-state index contributed by atoms with van der Waals surface area (Å²) in [5.74, 6) is -3.47. The molecule has 2 N–H and O–H groups in total. The SMILES string of the molecule is CCN(CC(=O)Nc1c(F)cccc1F)C(=O)C(C)NC(=O)c1cccc(C)c1. The summed E-state index contributed by atoms with van der Waals surface area (Å²) in [6.07, 6.45) is 0. The molecule has 0 aliphatic rings. The van der Waals surface area contributed by atoms with Crippen molar-refractivity contribution in [3.63, 3.8) is 0 Å². The molecule has 0 saturated heterocycles. The van der Waals surface area contributed by atoms with Crippen molar-refractivity contribution in [1.82, 2.24) is 10.2 Å². The molecule has 0 bridgehead atoms. The highest BCUT2D eigenvalue weighted by Crippen LogP contribution is 2.17. The predicted molar refractivity (Wildman–Crippen MR) is 105 cm³/mol. The lowest BCUT2D eigenvalue weighted by Gasteiger charge is -2.24. The Morgan fingerprint density at radius 3 is 2.28 bits per heavy atom. The van der Waals surface area contributed by atoms with Crippen LogP contribution in [-0.4, -0.2) is 41.8 Å². The molecular formula is C21H23F2N3O3. The van der Waals surface area contributed by atoms with Crippen LogP contribution in [0.15, 0.2) is 42.5 Å². The number of nitrogens with one attached hydrogen (secondary N) is 2. The Hall–Kier alpha value is -3.29. The van der Waals surface area contributed by atoms with Gasteiger partial charge in [-0.25, -0.2) is 8.78 Å². The van der Waals surface area contributed by atoms with E-state index in [2.05, 4.69) is 10.6 Å². The molecule has 0 aliphatic heterocycles. The Morgan fingerprint density at radius 1 is 1.07 bits per heavy atom. The number of halogens is 2. The molecule has 0 aromatic heterocycles. The van der Waals surface area contributed by atoms with Crippen molar-refractivity contribution in [1.29, 1.82) is 0 Å². The Labute approximate surface area is 167 Å². The number of carbonyl (C=O) groups excluding carboxylic acids is 3. The summed E-state index contributed by atoms with van der Waals surface area (Å²) in [7, 11) is 0. The van der Waals surface area contributed by atoms with E-state index in [1.54, 1.807) is 25.1 Å². The first-order chi connectivity index (χ1) is 13.7. The highest BCUT2D eigenvalue weighted by Gasteiger charge is 2.24. The van der Waals surface area contributed by atoms with E-state index in [0.717, 1.165) is 17.7 Å². The van der Waals surface area contributed by atoms with Crippen molar-refractivity contribution in [3.05, 3.63) is 65.2 Å². The summed E-state index contributed by atoms with van der Waals surface area (Å²) >= 11 is 0. The number of rotatable bonds is 7. The molecule has 2 aromatic rings. The molecular weight excluding hydrogens is 380 g/mol. The molecule has 0 radical (unpaired) electrons. The van der Waals surface area contributed by atoms with Gasteiger partial charge in [-0.15, -0.1) is 0 Å². The molecule has 0 saturated carbocycles. The van der Waals surface area contributed by atoms with Crippen molar-refractivity contribution in [3.8, 4) is 0 Å². The van der Waals surface area contributed by atoms with Crippen molar-refractivity contribution < 1.29 is 23.2 Å². The van der Waals surface area contributed by atoms with Gasteiger partial charge in [-0.3, -0.25) is 14.4 Å². The molecule has 0 fully saturated rings. The number of amides is 3. The van der Waals surface area contributed by atoms with Crippen molar-refractivity contribution in [2.45, 2.75) is 26.8 Å². The molecule has 3 amide bonds. The number of hydrogen-bond acceptors (Lipinski definition) is 3. The number of benzene rings is 2. The highest BCUT2D eigenvalue weighted by molar-refractivity contribution is 5.99. The molecule has 1 atom stereocenters. The third kappa shape index (κ3) is 5.84. The minimum Gasteiger partial charge on any atom is -0.341 e. The fourth-order valence-electron chi connectivity index (χ4n) is 2.72. The van der Waals surface area contributed by atoms with E-state index in [9.17, 15) is 23.2 Å². The average molecular weight is 403 g/mol. The predicted octanol–water partition coefficient (Wildman–Crippen LogP) is 2.88. The zero-order valence-electron chi connectivity index (χ0n) is 16.5. The highest BCUT2D eigenvalue weighted by atomic mass is 19.1. The summed E-state index contributed by atoms with van der Waals surface area (Å²) in [5.41, 5.74) is 0.756. The van der Waals surface area contributed by atoms with Gasteiger partial charge in [0.05, 0.1) is 6.54 Å². The Balaban J connectivity index is 2.00. The lowest BCUT2D eigenvalue weighted by molar-refractivity contribution is -0.135.